The van der Waals surface area contributed by atoms with Gasteiger partial charge in [-0.05, 0) is 79.3 Å². The largest absolute Gasteiger partial charge is 0.459 e. The van der Waals surface area contributed by atoms with Gasteiger partial charge in [-0.2, -0.15) is 0 Å². The number of anilines is 2. The van der Waals surface area contributed by atoms with Crippen LogP contribution in [-0.4, -0.2) is 16.0 Å². The van der Waals surface area contributed by atoms with E-state index >= 15 is 0 Å². The molecule has 0 saturated carbocycles. The van der Waals surface area contributed by atoms with Gasteiger partial charge in [0.2, 0.25) is 5.91 Å². The van der Waals surface area contributed by atoms with Crippen LogP contribution in [-0.2, 0) is 4.79 Å². The normalized spacial score (nSPS) is 17.1. The summed E-state index contributed by atoms with van der Waals surface area (Å²) in [6.07, 6.45) is 2.17. The van der Waals surface area contributed by atoms with Crippen LogP contribution in [0.3, 0.4) is 0 Å². The molecule has 1 aliphatic heterocycles. The molecule has 188 valence electrons. The monoisotopic (exact) mass is 550 g/mol. The van der Waals surface area contributed by atoms with Gasteiger partial charge in [-0.25, -0.2) is 0 Å². The molecule has 1 amide bonds. The molecule has 4 aromatic rings. The molecule has 0 aliphatic carbocycles. The summed E-state index contributed by atoms with van der Waals surface area (Å²) in [6, 6.07) is 20.3. The van der Waals surface area contributed by atoms with Crippen LogP contribution >= 0.6 is 35.4 Å². The molecule has 1 fully saturated rings. The Kier molecular flexibility index (Phi) is 7.20. The lowest BCUT2D eigenvalue weighted by Gasteiger charge is -2.27. The van der Waals surface area contributed by atoms with Gasteiger partial charge in [0.1, 0.15) is 17.6 Å². The maximum absolute atomic E-state index is 11.9. The standard InChI is InChI=1S/C28H24Cl2N4O2S/c1-3-24(35)32-20-11-10-17(15-16(20)2)34-27(26(33-28(34)37)21-9-4-5-14-31-21)23-13-12-22(36-23)18-7-6-8-19(29)25(18)30/h4-15,26-27H,3H2,1-2H3,(H,32,35)(H,33,37)/t26-,27+/m0/s1. The van der Waals surface area contributed by atoms with Crippen molar-refractivity contribution in [3.8, 4) is 11.3 Å². The lowest BCUT2D eigenvalue weighted by Crippen LogP contribution is -2.29. The number of pyridine rings is 1. The quantitative estimate of drug-likeness (QED) is 0.242. The number of benzene rings is 2. The molecule has 3 heterocycles. The minimum Gasteiger partial charge on any atom is -0.459 e. The number of aromatic nitrogens is 1. The third kappa shape index (κ3) is 4.94. The van der Waals surface area contributed by atoms with E-state index in [1.54, 1.807) is 12.3 Å². The summed E-state index contributed by atoms with van der Waals surface area (Å²) >= 11 is 18.5. The molecule has 2 aromatic carbocycles. The van der Waals surface area contributed by atoms with Gasteiger partial charge in [-0.15, -0.1) is 0 Å². The van der Waals surface area contributed by atoms with Crippen molar-refractivity contribution in [3.63, 3.8) is 0 Å². The highest BCUT2D eigenvalue weighted by Gasteiger charge is 2.42. The van der Waals surface area contributed by atoms with Crippen molar-refractivity contribution >= 4 is 57.8 Å². The first-order valence-electron chi connectivity index (χ1n) is 11.8. The van der Waals surface area contributed by atoms with E-state index < -0.39 is 0 Å². The number of nitrogens with one attached hydrogen (secondary N) is 2. The van der Waals surface area contributed by atoms with Crippen LogP contribution < -0.4 is 15.5 Å². The SMILES string of the molecule is CCC(=O)Nc1ccc(N2C(=S)N[C@@H](c3ccccn3)[C@H]2c2ccc(-c3cccc(Cl)c3Cl)o2)cc1C. The first-order chi connectivity index (χ1) is 17.9. The third-order valence-electron chi connectivity index (χ3n) is 6.32. The Labute approximate surface area is 230 Å². The summed E-state index contributed by atoms with van der Waals surface area (Å²) in [6.45, 7) is 3.78. The zero-order valence-corrected chi connectivity index (χ0v) is 22.5. The smallest absolute Gasteiger partial charge is 0.224 e. The Morgan fingerprint density at radius 3 is 2.70 bits per heavy atom. The fourth-order valence-electron chi connectivity index (χ4n) is 4.45. The Hall–Kier alpha value is -3.39. The molecular formula is C28H24Cl2N4O2S. The lowest BCUT2D eigenvalue weighted by molar-refractivity contribution is -0.115. The fourth-order valence-corrected chi connectivity index (χ4v) is 5.19. The lowest BCUT2D eigenvalue weighted by atomic mass is 10.0. The molecule has 5 rings (SSSR count). The van der Waals surface area contributed by atoms with Crippen molar-refractivity contribution in [2.45, 2.75) is 32.4 Å². The minimum atomic E-state index is -0.329. The third-order valence-corrected chi connectivity index (χ3v) is 7.45. The minimum absolute atomic E-state index is 0.0370. The first kappa shape index (κ1) is 25.3. The van der Waals surface area contributed by atoms with Crippen LogP contribution in [0.4, 0.5) is 11.4 Å². The summed E-state index contributed by atoms with van der Waals surface area (Å²) in [5, 5.41) is 7.81. The predicted molar refractivity (Wildman–Crippen MR) is 152 cm³/mol. The average molecular weight is 551 g/mol. The van der Waals surface area contributed by atoms with Crippen LogP contribution in [0.25, 0.3) is 11.3 Å². The van der Waals surface area contributed by atoms with Crippen molar-refractivity contribution in [2.75, 3.05) is 10.2 Å². The number of halogens is 2. The zero-order chi connectivity index (χ0) is 26.1. The summed E-state index contributed by atoms with van der Waals surface area (Å²) < 4.78 is 6.39. The van der Waals surface area contributed by atoms with Gasteiger partial charge in [0.05, 0.1) is 21.8 Å². The van der Waals surface area contributed by atoms with Gasteiger partial charge in [0.15, 0.2) is 5.11 Å². The number of aryl methyl sites for hydroxylation is 1. The van der Waals surface area contributed by atoms with E-state index in [1.807, 2.05) is 79.4 Å². The number of carbonyl (C=O) groups excluding carboxylic acids is 1. The Morgan fingerprint density at radius 2 is 1.97 bits per heavy atom. The second-order valence-corrected chi connectivity index (χ2v) is 9.87. The van der Waals surface area contributed by atoms with Crippen molar-refractivity contribution in [1.29, 1.82) is 0 Å². The predicted octanol–water partition coefficient (Wildman–Crippen LogP) is 7.48. The Morgan fingerprint density at radius 1 is 1.14 bits per heavy atom. The number of furan rings is 1. The maximum Gasteiger partial charge on any atom is 0.224 e. The Bertz CT molecular complexity index is 1470. The number of carbonyl (C=O) groups is 1. The molecule has 1 aliphatic rings. The molecule has 2 aromatic heterocycles. The fraction of sp³-hybridized carbons (Fsp3) is 0.179. The van der Waals surface area contributed by atoms with E-state index in [9.17, 15) is 4.79 Å². The highest BCUT2D eigenvalue weighted by Crippen LogP contribution is 2.44. The maximum atomic E-state index is 11.9. The first-order valence-corrected chi connectivity index (χ1v) is 13.0. The summed E-state index contributed by atoms with van der Waals surface area (Å²) in [7, 11) is 0. The van der Waals surface area contributed by atoms with Gasteiger partial charge in [-0.1, -0.05) is 42.3 Å². The highest BCUT2D eigenvalue weighted by atomic mass is 35.5. The zero-order valence-electron chi connectivity index (χ0n) is 20.2. The molecule has 37 heavy (non-hydrogen) atoms. The number of hydrogen-bond acceptors (Lipinski definition) is 4. The Balaban J connectivity index is 1.58. The van der Waals surface area contributed by atoms with Crippen LogP contribution in [0.2, 0.25) is 10.0 Å². The van der Waals surface area contributed by atoms with Crippen LogP contribution in [0.5, 0.6) is 0 Å². The summed E-state index contributed by atoms with van der Waals surface area (Å²) in [4.78, 5) is 18.5. The van der Waals surface area contributed by atoms with Gasteiger partial charge in [0, 0.05) is 29.6 Å². The van der Waals surface area contributed by atoms with E-state index in [-0.39, 0.29) is 18.0 Å². The number of nitrogens with zero attached hydrogens (tertiary/aromatic N) is 2. The van der Waals surface area contributed by atoms with Gasteiger partial charge < -0.3 is 20.0 Å². The molecule has 0 unspecified atom stereocenters. The molecule has 9 heteroatoms. The van der Waals surface area contributed by atoms with Crippen molar-refractivity contribution in [1.82, 2.24) is 10.3 Å². The topological polar surface area (TPSA) is 70.4 Å². The van der Waals surface area contributed by atoms with Gasteiger partial charge >= 0.3 is 0 Å². The summed E-state index contributed by atoms with van der Waals surface area (Å²) in [5.74, 6) is 1.26. The van der Waals surface area contributed by atoms with E-state index in [1.165, 1.54) is 0 Å². The number of thiocarbonyl (C=S) groups is 1. The second-order valence-electron chi connectivity index (χ2n) is 8.70. The van der Waals surface area contributed by atoms with Gasteiger partial charge in [0.25, 0.3) is 0 Å². The number of rotatable bonds is 6. The van der Waals surface area contributed by atoms with Crippen molar-refractivity contribution in [3.05, 3.63) is 100.0 Å². The molecular weight excluding hydrogens is 527 g/mol. The average Bonchev–Trinajstić information content (AvgIpc) is 3.52. The van der Waals surface area contributed by atoms with Crippen LogP contribution in [0, 0.1) is 6.92 Å². The molecule has 1 saturated heterocycles. The molecule has 0 spiro atoms. The number of hydrogen-bond donors (Lipinski definition) is 2. The molecule has 2 N–H and O–H groups in total. The summed E-state index contributed by atoms with van der Waals surface area (Å²) in [5.41, 5.74) is 4.10. The van der Waals surface area contributed by atoms with Gasteiger partial charge in [-0.3, -0.25) is 9.78 Å². The number of amides is 1. The van der Waals surface area contributed by atoms with E-state index in [0.29, 0.717) is 38.7 Å². The second kappa shape index (κ2) is 10.5. The van der Waals surface area contributed by atoms with E-state index in [4.69, 9.17) is 39.8 Å². The molecule has 6 nitrogen and oxygen atoms in total. The highest BCUT2D eigenvalue weighted by molar-refractivity contribution is 7.80. The van der Waals surface area contributed by atoms with E-state index in [0.717, 1.165) is 22.6 Å². The molecule has 0 radical (unpaired) electrons. The van der Waals surface area contributed by atoms with Crippen LogP contribution in [0.15, 0.2) is 77.3 Å². The van der Waals surface area contributed by atoms with Crippen molar-refractivity contribution < 1.29 is 9.21 Å². The van der Waals surface area contributed by atoms with Crippen LogP contribution in [0.1, 0.15) is 42.4 Å². The molecule has 2 atom stereocenters. The van der Waals surface area contributed by atoms with E-state index in [2.05, 4.69) is 15.6 Å². The molecule has 0 bridgehead atoms. The van der Waals surface area contributed by atoms with Crippen molar-refractivity contribution in [2.24, 2.45) is 0 Å².